The van der Waals surface area contributed by atoms with Crippen LogP contribution in [-0.2, 0) is 9.53 Å². The average molecular weight is 298 g/mol. The molecular weight excluding hydrogens is 282 g/mol. The molecule has 1 fully saturated rings. The van der Waals surface area contributed by atoms with Crippen LogP contribution in [0.15, 0.2) is 12.1 Å². The Kier molecular flexibility index (Phi) is 4.85. The zero-order chi connectivity index (χ0) is 15.4. The van der Waals surface area contributed by atoms with Crippen molar-refractivity contribution in [3.8, 4) is 0 Å². The number of anilines is 1. The number of carbonyl (C=O) groups excluding carboxylic acids is 2. The molecule has 1 amide bonds. The van der Waals surface area contributed by atoms with E-state index in [1.165, 1.54) is 0 Å². The van der Waals surface area contributed by atoms with Gasteiger partial charge in [-0.2, -0.15) is 0 Å². The molecule has 2 rings (SSSR count). The molecule has 0 bridgehead atoms. The summed E-state index contributed by atoms with van der Waals surface area (Å²) in [5.41, 5.74) is -0.667. The Hall–Kier alpha value is -2.02. The number of ether oxygens (including phenoxy) is 1. The van der Waals surface area contributed by atoms with Crippen molar-refractivity contribution in [2.24, 2.45) is 0 Å². The molecule has 1 atom stereocenters. The van der Waals surface area contributed by atoms with E-state index in [1.807, 2.05) is 0 Å². The molecule has 7 heteroatoms. The Balaban J connectivity index is 2.18. The minimum Gasteiger partial charge on any atom is -0.465 e. The van der Waals surface area contributed by atoms with Gasteiger partial charge in [-0.05, 0) is 25.5 Å². The first-order chi connectivity index (χ1) is 10.0. The highest BCUT2D eigenvalue weighted by molar-refractivity contribution is 5.97. The lowest BCUT2D eigenvalue weighted by Crippen LogP contribution is -2.43. The Morgan fingerprint density at radius 2 is 2.05 bits per heavy atom. The highest BCUT2D eigenvalue weighted by Crippen LogP contribution is 2.21. The lowest BCUT2D eigenvalue weighted by molar-refractivity contribution is -0.118. The third kappa shape index (κ3) is 3.55. The van der Waals surface area contributed by atoms with Gasteiger partial charge in [0.1, 0.15) is 11.6 Å². The van der Waals surface area contributed by atoms with Crippen LogP contribution in [0, 0.1) is 11.6 Å². The zero-order valence-corrected chi connectivity index (χ0v) is 11.5. The smallest absolute Gasteiger partial charge is 0.340 e. The molecule has 2 N–H and O–H groups in total. The van der Waals surface area contributed by atoms with Gasteiger partial charge in [-0.3, -0.25) is 4.79 Å². The van der Waals surface area contributed by atoms with Crippen LogP contribution in [-0.4, -0.2) is 31.6 Å². The molecule has 1 saturated heterocycles. The summed E-state index contributed by atoms with van der Waals surface area (Å²) in [5.74, 6) is -3.31. The molecule has 1 aliphatic heterocycles. The maximum atomic E-state index is 13.7. The van der Waals surface area contributed by atoms with Gasteiger partial charge in [-0.15, -0.1) is 0 Å². The van der Waals surface area contributed by atoms with Crippen molar-refractivity contribution in [1.29, 1.82) is 0 Å². The molecule has 1 unspecified atom stereocenters. The summed E-state index contributed by atoms with van der Waals surface area (Å²) in [4.78, 5) is 23.4. The Morgan fingerprint density at radius 3 is 2.67 bits per heavy atom. The summed E-state index contributed by atoms with van der Waals surface area (Å²) in [6.45, 7) is 0.720. The number of esters is 1. The van der Waals surface area contributed by atoms with Crippen LogP contribution in [0.25, 0.3) is 0 Å². The van der Waals surface area contributed by atoms with Crippen LogP contribution in [0.4, 0.5) is 14.5 Å². The van der Waals surface area contributed by atoms with E-state index in [9.17, 15) is 18.4 Å². The predicted molar refractivity (Wildman–Crippen MR) is 72.0 cm³/mol. The molecule has 1 aromatic carbocycles. The molecular formula is C14H16F2N2O3. The van der Waals surface area contributed by atoms with Gasteiger partial charge in [0, 0.05) is 6.07 Å². The number of piperidine rings is 1. The molecule has 1 heterocycles. The minimum absolute atomic E-state index is 0.242. The molecule has 0 spiro atoms. The molecule has 0 radical (unpaired) electrons. The second kappa shape index (κ2) is 6.62. The van der Waals surface area contributed by atoms with E-state index in [1.54, 1.807) is 0 Å². The van der Waals surface area contributed by atoms with Gasteiger partial charge in [0.25, 0.3) is 0 Å². The van der Waals surface area contributed by atoms with Crippen molar-refractivity contribution < 1.29 is 23.1 Å². The Bertz CT molecular complexity index is 557. The summed E-state index contributed by atoms with van der Waals surface area (Å²) < 4.78 is 31.6. The van der Waals surface area contributed by atoms with Crippen LogP contribution in [0.5, 0.6) is 0 Å². The summed E-state index contributed by atoms with van der Waals surface area (Å²) in [5, 5.41) is 5.39. The SMILES string of the molecule is COC(=O)c1cc(NC(=O)C2CCCCN2)c(F)cc1F. The first kappa shape index (κ1) is 15.4. The highest BCUT2D eigenvalue weighted by atomic mass is 19.1. The van der Waals surface area contributed by atoms with Crippen molar-refractivity contribution in [2.75, 3.05) is 19.0 Å². The number of nitrogens with one attached hydrogen (secondary N) is 2. The monoisotopic (exact) mass is 298 g/mol. The Morgan fingerprint density at radius 1 is 1.29 bits per heavy atom. The molecule has 0 aromatic heterocycles. The topological polar surface area (TPSA) is 67.4 Å². The van der Waals surface area contributed by atoms with Crippen LogP contribution in [0.2, 0.25) is 0 Å². The number of rotatable bonds is 3. The summed E-state index contributed by atoms with van der Waals surface area (Å²) in [6, 6.07) is 1.08. The number of hydrogen-bond acceptors (Lipinski definition) is 4. The molecule has 0 saturated carbocycles. The van der Waals surface area contributed by atoms with Crippen molar-refractivity contribution in [3.05, 3.63) is 29.3 Å². The van der Waals surface area contributed by atoms with Gasteiger partial charge in [0.15, 0.2) is 0 Å². The first-order valence-corrected chi connectivity index (χ1v) is 6.64. The molecule has 21 heavy (non-hydrogen) atoms. The van der Waals surface area contributed by atoms with Gasteiger partial charge in [0.2, 0.25) is 5.91 Å². The molecule has 114 valence electrons. The van der Waals surface area contributed by atoms with E-state index in [4.69, 9.17) is 0 Å². The third-order valence-corrected chi connectivity index (χ3v) is 3.35. The quantitative estimate of drug-likeness (QED) is 0.836. The third-order valence-electron chi connectivity index (χ3n) is 3.35. The van der Waals surface area contributed by atoms with Gasteiger partial charge in [-0.25, -0.2) is 13.6 Å². The molecule has 1 aromatic rings. The lowest BCUT2D eigenvalue weighted by Gasteiger charge is -2.22. The zero-order valence-electron chi connectivity index (χ0n) is 11.5. The largest absolute Gasteiger partial charge is 0.465 e. The summed E-state index contributed by atoms with van der Waals surface area (Å²) in [6.07, 6.45) is 2.55. The van der Waals surface area contributed by atoms with E-state index < -0.39 is 35.1 Å². The fourth-order valence-electron chi connectivity index (χ4n) is 2.21. The Labute approximate surface area is 120 Å². The number of benzene rings is 1. The second-order valence-corrected chi connectivity index (χ2v) is 4.80. The van der Waals surface area contributed by atoms with Gasteiger partial charge < -0.3 is 15.4 Å². The van der Waals surface area contributed by atoms with Crippen LogP contribution < -0.4 is 10.6 Å². The number of methoxy groups -OCH3 is 1. The van der Waals surface area contributed by atoms with Crippen molar-refractivity contribution >= 4 is 17.6 Å². The highest BCUT2D eigenvalue weighted by Gasteiger charge is 2.23. The molecule has 5 nitrogen and oxygen atoms in total. The van der Waals surface area contributed by atoms with Gasteiger partial charge >= 0.3 is 5.97 Å². The molecule has 1 aliphatic rings. The van der Waals surface area contributed by atoms with E-state index in [2.05, 4.69) is 15.4 Å². The van der Waals surface area contributed by atoms with Gasteiger partial charge in [-0.1, -0.05) is 6.42 Å². The summed E-state index contributed by atoms with van der Waals surface area (Å²) >= 11 is 0. The molecule has 0 aliphatic carbocycles. The minimum atomic E-state index is -1.03. The van der Waals surface area contributed by atoms with E-state index >= 15 is 0 Å². The standard InChI is InChI=1S/C14H16F2N2O3/c1-21-14(20)8-6-12(10(16)7-9(8)15)18-13(19)11-4-2-3-5-17-11/h6-7,11,17H,2-5H2,1H3,(H,18,19). The number of hydrogen-bond donors (Lipinski definition) is 2. The van der Waals surface area contributed by atoms with Crippen LogP contribution in [0.1, 0.15) is 29.6 Å². The number of carbonyl (C=O) groups is 2. The second-order valence-electron chi connectivity index (χ2n) is 4.80. The maximum absolute atomic E-state index is 13.7. The number of halogens is 2. The van der Waals surface area contributed by atoms with Crippen molar-refractivity contribution in [3.63, 3.8) is 0 Å². The normalized spacial score (nSPS) is 18.1. The van der Waals surface area contributed by atoms with E-state index in [-0.39, 0.29) is 5.69 Å². The fraction of sp³-hybridized carbons (Fsp3) is 0.429. The van der Waals surface area contributed by atoms with Crippen LogP contribution >= 0.6 is 0 Å². The van der Waals surface area contributed by atoms with E-state index in [0.29, 0.717) is 12.5 Å². The lowest BCUT2D eigenvalue weighted by atomic mass is 10.0. The van der Waals surface area contributed by atoms with Crippen molar-refractivity contribution in [1.82, 2.24) is 5.32 Å². The maximum Gasteiger partial charge on any atom is 0.340 e. The predicted octanol–water partition coefficient (Wildman–Crippen LogP) is 1.83. The fourth-order valence-corrected chi connectivity index (χ4v) is 2.21. The first-order valence-electron chi connectivity index (χ1n) is 6.64. The van der Waals surface area contributed by atoms with E-state index in [0.717, 1.165) is 32.6 Å². The average Bonchev–Trinajstić information content (AvgIpc) is 2.50. The number of amides is 1. The van der Waals surface area contributed by atoms with Crippen molar-refractivity contribution in [2.45, 2.75) is 25.3 Å². The summed E-state index contributed by atoms with van der Waals surface area (Å²) in [7, 11) is 1.09. The van der Waals surface area contributed by atoms with Gasteiger partial charge in [0.05, 0.1) is 24.4 Å². The van der Waals surface area contributed by atoms with Crippen LogP contribution in [0.3, 0.4) is 0 Å².